The first-order valence-electron chi connectivity index (χ1n) is 9.76. The minimum atomic E-state index is 0.258. The molecule has 0 spiro atoms. The van der Waals surface area contributed by atoms with Crippen molar-refractivity contribution in [3.05, 3.63) is 53.1 Å². The highest BCUT2D eigenvalue weighted by molar-refractivity contribution is 5.76. The van der Waals surface area contributed by atoms with E-state index in [-0.39, 0.29) is 5.91 Å². The van der Waals surface area contributed by atoms with E-state index in [1.165, 1.54) is 29.5 Å². The highest BCUT2D eigenvalue weighted by Crippen LogP contribution is 2.30. The van der Waals surface area contributed by atoms with E-state index in [4.69, 9.17) is 0 Å². The molecule has 0 saturated heterocycles. The summed E-state index contributed by atoms with van der Waals surface area (Å²) < 4.78 is 2.18. The molecule has 140 valence electrons. The SMILES string of the molecule is Cc1ccc(C)c(Cn2ccnc2CN(CC2CC2)C(=O)CC(C)C)c1. The Kier molecular flexibility index (Phi) is 5.80. The Morgan fingerprint density at radius 1 is 1.31 bits per heavy atom. The van der Waals surface area contributed by atoms with Crippen molar-refractivity contribution in [2.75, 3.05) is 6.54 Å². The van der Waals surface area contributed by atoms with Gasteiger partial charge in [-0.2, -0.15) is 0 Å². The fourth-order valence-electron chi connectivity index (χ4n) is 3.31. The predicted octanol–water partition coefficient (Wildman–Crippen LogP) is 4.33. The van der Waals surface area contributed by atoms with Crippen LogP contribution in [0.5, 0.6) is 0 Å². The topological polar surface area (TPSA) is 38.1 Å². The number of amides is 1. The summed E-state index contributed by atoms with van der Waals surface area (Å²) in [6.07, 6.45) is 7.00. The highest BCUT2D eigenvalue weighted by Gasteiger charge is 2.27. The summed E-state index contributed by atoms with van der Waals surface area (Å²) in [6, 6.07) is 6.56. The van der Waals surface area contributed by atoms with E-state index in [1.54, 1.807) is 0 Å². The summed E-state index contributed by atoms with van der Waals surface area (Å²) in [4.78, 5) is 19.3. The smallest absolute Gasteiger partial charge is 0.223 e. The minimum absolute atomic E-state index is 0.258. The standard InChI is InChI=1S/C22H31N3O/c1-16(2)11-22(26)25(13-19-7-8-19)15-21-23-9-10-24(21)14-20-12-17(3)5-6-18(20)4/h5-6,9-10,12,16,19H,7-8,11,13-15H2,1-4H3. The molecule has 2 aromatic rings. The van der Waals surface area contributed by atoms with Gasteiger partial charge in [-0.3, -0.25) is 4.79 Å². The van der Waals surface area contributed by atoms with Gasteiger partial charge in [0.1, 0.15) is 5.82 Å². The first kappa shape index (κ1) is 18.7. The lowest BCUT2D eigenvalue weighted by molar-refractivity contribution is -0.133. The third kappa shape index (κ3) is 4.96. The Hall–Kier alpha value is -2.10. The molecule has 0 N–H and O–H groups in total. The van der Waals surface area contributed by atoms with Crippen LogP contribution in [-0.4, -0.2) is 26.9 Å². The van der Waals surface area contributed by atoms with Gasteiger partial charge in [0, 0.05) is 31.9 Å². The number of hydrogen-bond acceptors (Lipinski definition) is 2. The van der Waals surface area contributed by atoms with Crippen LogP contribution in [0.3, 0.4) is 0 Å². The maximum atomic E-state index is 12.7. The number of benzene rings is 1. The van der Waals surface area contributed by atoms with E-state index in [0.717, 1.165) is 18.9 Å². The van der Waals surface area contributed by atoms with Crippen molar-refractivity contribution in [1.82, 2.24) is 14.5 Å². The molecule has 1 aromatic carbocycles. The predicted molar refractivity (Wildman–Crippen MR) is 105 cm³/mol. The maximum absolute atomic E-state index is 12.7. The van der Waals surface area contributed by atoms with Crippen molar-refractivity contribution >= 4 is 5.91 Å². The van der Waals surface area contributed by atoms with Crippen LogP contribution in [0.2, 0.25) is 0 Å². The third-order valence-corrected chi connectivity index (χ3v) is 5.09. The zero-order valence-corrected chi connectivity index (χ0v) is 16.5. The molecule has 0 aliphatic heterocycles. The molecule has 0 radical (unpaired) electrons. The van der Waals surface area contributed by atoms with Crippen LogP contribution in [0.25, 0.3) is 0 Å². The normalized spacial score (nSPS) is 14.0. The number of hydrogen-bond donors (Lipinski definition) is 0. The van der Waals surface area contributed by atoms with Gasteiger partial charge >= 0.3 is 0 Å². The van der Waals surface area contributed by atoms with Crippen LogP contribution in [0, 0.1) is 25.7 Å². The van der Waals surface area contributed by atoms with Gasteiger partial charge in [0.05, 0.1) is 6.54 Å². The second-order valence-electron chi connectivity index (χ2n) is 8.22. The quantitative estimate of drug-likeness (QED) is 0.708. The number of aryl methyl sites for hydroxylation is 2. The van der Waals surface area contributed by atoms with Crippen molar-refractivity contribution in [2.24, 2.45) is 11.8 Å². The van der Waals surface area contributed by atoms with Crippen LogP contribution < -0.4 is 0 Å². The Morgan fingerprint density at radius 2 is 2.08 bits per heavy atom. The Labute approximate surface area is 157 Å². The van der Waals surface area contributed by atoms with Crippen LogP contribution >= 0.6 is 0 Å². The Balaban J connectivity index is 1.75. The van der Waals surface area contributed by atoms with Crippen LogP contribution in [-0.2, 0) is 17.9 Å². The molecular weight excluding hydrogens is 322 g/mol. The molecule has 0 unspecified atom stereocenters. The Morgan fingerprint density at radius 3 is 2.77 bits per heavy atom. The summed E-state index contributed by atoms with van der Waals surface area (Å²) in [5, 5.41) is 0. The monoisotopic (exact) mass is 353 g/mol. The Bertz CT molecular complexity index is 758. The average molecular weight is 354 g/mol. The molecule has 26 heavy (non-hydrogen) atoms. The first-order valence-corrected chi connectivity index (χ1v) is 9.76. The molecule has 1 saturated carbocycles. The van der Waals surface area contributed by atoms with E-state index >= 15 is 0 Å². The van der Waals surface area contributed by atoms with E-state index in [0.29, 0.717) is 24.8 Å². The molecule has 1 fully saturated rings. The van der Waals surface area contributed by atoms with Crippen LogP contribution in [0.4, 0.5) is 0 Å². The van der Waals surface area contributed by atoms with Gasteiger partial charge in [0.25, 0.3) is 0 Å². The van der Waals surface area contributed by atoms with E-state index in [2.05, 4.69) is 55.4 Å². The molecule has 1 aromatic heterocycles. The summed E-state index contributed by atoms with van der Waals surface area (Å²) in [6.45, 7) is 10.8. The van der Waals surface area contributed by atoms with E-state index in [1.807, 2.05) is 17.3 Å². The lowest BCUT2D eigenvalue weighted by Crippen LogP contribution is -2.34. The molecule has 3 rings (SSSR count). The zero-order valence-electron chi connectivity index (χ0n) is 16.5. The molecule has 1 aliphatic carbocycles. The molecule has 1 heterocycles. The molecule has 4 nitrogen and oxygen atoms in total. The number of aromatic nitrogens is 2. The fourth-order valence-corrected chi connectivity index (χ4v) is 3.31. The fraction of sp³-hybridized carbons (Fsp3) is 0.545. The summed E-state index contributed by atoms with van der Waals surface area (Å²) in [5.41, 5.74) is 3.88. The van der Waals surface area contributed by atoms with Crippen molar-refractivity contribution in [2.45, 2.75) is 60.0 Å². The van der Waals surface area contributed by atoms with Gasteiger partial charge in [0.15, 0.2) is 0 Å². The number of rotatable bonds is 8. The summed E-state index contributed by atoms with van der Waals surface area (Å²) >= 11 is 0. The van der Waals surface area contributed by atoms with E-state index in [9.17, 15) is 4.79 Å². The van der Waals surface area contributed by atoms with E-state index < -0.39 is 0 Å². The second kappa shape index (κ2) is 8.07. The maximum Gasteiger partial charge on any atom is 0.223 e. The van der Waals surface area contributed by atoms with Crippen LogP contribution in [0.15, 0.2) is 30.6 Å². The van der Waals surface area contributed by atoms with Gasteiger partial charge in [-0.25, -0.2) is 4.98 Å². The molecule has 0 atom stereocenters. The zero-order chi connectivity index (χ0) is 18.7. The van der Waals surface area contributed by atoms with Crippen molar-refractivity contribution in [1.29, 1.82) is 0 Å². The van der Waals surface area contributed by atoms with Crippen LogP contribution in [0.1, 0.15) is 55.6 Å². The summed E-state index contributed by atoms with van der Waals surface area (Å²) in [5.74, 6) is 2.31. The number of carbonyl (C=O) groups is 1. The minimum Gasteiger partial charge on any atom is -0.335 e. The number of imidazole rings is 1. The third-order valence-electron chi connectivity index (χ3n) is 5.09. The average Bonchev–Trinajstić information content (AvgIpc) is 3.29. The number of carbonyl (C=O) groups excluding carboxylic acids is 1. The lowest BCUT2D eigenvalue weighted by Gasteiger charge is -2.24. The molecule has 1 aliphatic rings. The largest absolute Gasteiger partial charge is 0.335 e. The van der Waals surface area contributed by atoms with Gasteiger partial charge in [-0.05, 0) is 49.7 Å². The van der Waals surface area contributed by atoms with Gasteiger partial charge < -0.3 is 9.47 Å². The van der Waals surface area contributed by atoms with Crippen molar-refractivity contribution in [3.63, 3.8) is 0 Å². The molecular formula is C22H31N3O. The second-order valence-corrected chi connectivity index (χ2v) is 8.22. The highest BCUT2D eigenvalue weighted by atomic mass is 16.2. The lowest BCUT2D eigenvalue weighted by atomic mass is 10.1. The number of nitrogens with zero attached hydrogens (tertiary/aromatic N) is 3. The molecule has 1 amide bonds. The first-order chi connectivity index (χ1) is 12.4. The molecule has 0 bridgehead atoms. The summed E-state index contributed by atoms with van der Waals surface area (Å²) in [7, 11) is 0. The van der Waals surface area contributed by atoms with Gasteiger partial charge in [-0.15, -0.1) is 0 Å². The van der Waals surface area contributed by atoms with Crippen molar-refractivity contribution < 1.29 is 4.79 Å². The van der Waals surface area contributed by atoms with Crippen molar-refractivity contribution in [3.8, 4) is 0 Å². The van der Waals surface area contributed by atoms with Gasteiger partial charge in [0.2, 0.25) is 5.91 Å². The van der Waals surface area contributed by atoms with Gasteiger partial charge in [-0.1, -0.05) is 37.6 Å². The molecule has 4 heteroatoms.